The highest BCUT2D eigenvalue weighted by molar-refractivity contribution is 5.46. The first-order chi connectivity index (χ1) is 10.3. The number of rotatable bonds is 4. The highest BCUT2D eigenvalue weighted by Gasteiger charge is 2.19. The van der Waals surface area contributed by atoms with Crippen LogP contribution in [0.5, 0.6) is 0 Å². The Morgan fingerprint density at radius 2 is 1.24 bits per heavy atom. The first kappa shape index (κ1) is 14.8. The Labute approximate surface area is 128 Å². The SMILES string of the molecule is CN1CCN(CCN2CCN(c3ccccc3)CC2)CC1. The zero-order chi connectivity index (χ0) is 14.5. The first-order valence-electron chi connectivity index (χ1n) is 8.24. The van der Waals surface area contributed by atoms with Crippen LogP contribution in [0.25, 0.3) is 0 Å². The summed E-state index contributed by atoms with van der Waals surface area (Å²) in [6, 6.07) is 10.8. The Morgan fingerprint density at radius 3 is 1.81 bits per heavy atom. The van der Waals surface area contributed by atoms with Crippen LogP contribution >= 0.6 is 0 Å². The van der Waals surface area contributed by atoms with Crippen LogP contribution in [0.1, 0.15) is 0 Å². The van der Waals surface area contributed by atoms with Gasteiger partial charge in [-0.15, -0.1) is 0 Å². The molecule has 1 aromatic carbocycles. The Balaban J connectivity index is 1.38. The van der Waals surface area contributed by atoms with Crippen LogP contribution in [-0.4, -0.2) is 87.2 Å². The monoisotopic (exact) mass is 288 g/mol. The van der Waals surface area contributed by atoms with Gasteiger partial charge in [-0.25, -0.2) is 0 Å². The van der Waals surface area contributed by atoms with Crippen LogP contribution in [0.4, 0.5) is 5.69 Å². The van der Waals surface area contributed by atoms with Gasteiger partial charge in [-0.2, -0.15) is 0 Å². The van der Waals surface area contributed by atoms with Crippen LogP contribution in [0.3, 0.4) is 0 Å². The van der Waals surface area contributed by atoms with Crippen LogP contribution in [-0.2, 0) is 0 Å². The number of hydrogen-bond donors (Lipinski definition) is 0. The minimum Gasteiger partial charge on any atom is -0.369 e. The maximum absolute atomic E-state index is 2.62. The normalized spacial score (nSPS) is 22.6. The number of likely N-dealkylation sites (N-methyl/N-ethyl adjacent to an activating group) is 1. The van der Waals surface area contributed by atoms with Gasteiger partial charge in [0.25, 0.3) is 0 Å². The molecule has 2 heterocycles. The Hall–Kier alpha value is -1.10. The molecule has 0 radical (unpaired) electrons. The summed E-state index contributed by atoms with van der Waals surface area (Å²) < 4.78 is 0. The van der Waals surface area contributed by atoms with Gasteiger partial charge in [0.15, 0.2) is 0 Å². The third kappa shape index (κ3) is 4.19. The van der Waals surface area contributed by atoms with Gasteiger partial charge in [0.2, 0.25) is 0 Å². The molecule has 0 saturated carbocycles. The third-order valence-corrected chi connectivity index (χ3v) is 4.82. The van der Waals surface area contributed by atoms with Gasteiger partial charge < -0.3 is 9.80 Å². The van der Waals surface area contributed by atoms with Gasteiger partial charge in [-0.1, -0.05) is 18.2 Å². The average Bonchev–Trinajstić information content (AvgIpc) is 2.56. The van der Waals surface area contributed by atoms with Gasteiger partial charge in [0.05, 0.1) is 0 Å². The van der Waals surface area contributed by atoms with E-state index in [0.29, 0.717) is 0 Å². The minimum atomic E-state index is 1.16. The van der Waals surface area contributed by atoms with Crippen molar-refractivity contribution in [3.63, 3.8) is 0 Å². The van der Waals surface area contributed by atoms with Crippen LogP contribution in [0.2, 0.25) is 0 Å². The molecule has 0 spiro atoms. The fourth-order valence-corrected chi connectivity index (χ4v) is 3.22. The van der Waals surface area contributed by atoms with Crippen molar-refractivity contribution in [2.24, 2.45) is 0 Å². The average molecular weight is 288 g/mol. The predicted octanol–water partition coefficient (Wildman–Crippen LogP) is 1.06. The van der Waals surface area contributed by atoms with E-state index in [0.717, 1.165) is 13.1 Å². The molecule has 0 atom stereocenters. The van der Waals surface area contributed by atoms with E-state index in [1.165, 1.54) is 58.0 Å². The summed E-state index contributed by atoms with van der Waals surface area (Å²) in [4.78, 5) is 10.2. The predicted molar refractivity (Wildman–Crippen MR) is 89.0 cm³/mol. The maximum atomic E-state index is 2.62. The molecule has 116 valence electrons. The van der Waals surface area contributed by atoms with E-state index in [9.17, 15) is 0 Å². The topological polar surface area (TPSA) is 13.0 Å². The quantitative estimate of drug-likeness (QED) is 0.821. The van der Waals surface area contributed by atoms with E-state index in [-0.39, 0.29) is 0 Å². The second-order valence-corrected chi connectivity index (χ2v) is 6.31. The second kappa shape index (κ2) is 7.25. The molecule has 0 aliphatic carbocycles. The van der Waals surface area contributed by atoms with Crippen molar-refractivity contribution in [1.82, 2.24) is 14.7 Å². The molecule has 21 heavy (non-hydrogen) atoms. The summed E-state index contributed by atoms with van der Waals surface area (Å²) in [5.41, 5.74) is 1.37. The molecule has 0 unspecified atom stereocenters. The molecule has 2 fully saturated rings. The largest absolute Gasteiger partial charge is 0.369 e. The first-order valence-corrected chi connectivity index (χ1v) is 8.24. The molecular weight excluding hydrogens is 260 g/mol. The molecule has 0 aromatic heterocycles. The molecular formula is C17H28N4. The molecule has 2 aliphatic rings. The Bertz CT molecular complexity index is 406. The zero-order valence-electron chi connectivity index (χ0n) is 13.2. The van der Waals surface area contributed by atoms with E-state index in [4.69, 9.17) is 0 Å². The summed E-state index contributed by atoms with van der Waals surface area (Å²) >= 11 is 0. The van der Waals surface area contributed by atoms with Gasteiger partial charge in [-0.3, -0.25) is 9.80 Å². The minimum absolute atomic E-state index is 1.16. The fraction of sp³-hybridized carbons (Fsp3) is 0.647. The third-order valence-electron chi connectivity index (χ3n) is 4.82. The van der Waals surface area contributed by atoms with Crippen molar-refractivity contribution in [1.29, 1.82) is 0 Å². The van der Waals surface area contributed by atoms with E-state index in [1.54, 1.807) is 0 Å². The van der Waals surface area contributed by atoms with Crippen LogP contribution in [0.15, 0.2) is 30.3 Å². The molecule has 2 saturated heterocycles. The second-order valence-electron chi connectivity index (χ2n) is 6.31. The van der Waals surface area contributed by atoms with E-state index >= 15 is 0 Å². The highest BCUT2D eigenvalue weighted by Crippen LogP contribution is 2.15. The Morgan fingerprint density at radius 1 is 0.714 bits per heavy atom. The van der Waals surface area contributed by atoms with Crippen molar-refractivity contribution in [3.05, 3.63) is 30.3 Å². The molecule has 0 N–H and O–H groups in total. The van der Waals surface area contributed by atoms with Gasteiger partial charge in [-0.05, 0) is 19.2 Å². The van der Waals surface area contributed by atoms with E-state index in [2.05, 4.69) is 57.0 Å². The lowest BCUT2D eigenvalue weighted by atomic mass is 10.2. The zero-order valence-corrected chi connectivity index (χ0v) is 13.2. The summed E-state index contributed by atoms with van der Waals surface area (Å²) in [7, 11) is 2.22. The lowest BCUT2D eigenvalue weighted by Crippen LogP contribution is -2.50. The van der Waals surface area contributed by atoms with Crippen molar-refractivity contribution in [2.45, 2.75) is 0 Å². The summed E-state index contributed by atoms with van der Waals surface area (Å²) in [6.07, 6.45) is 0. The van der Waals surface area contributed by atoms with Crippen LogP contribution < -0.4 is 4.90 Å². The van der Waals surface area contributed by atoms with Crippen molar-refractivity contribution in [3.8, 4) is 0 Å². The highest BCUT2D eigenvalue weighted by atomic mass is 15.3. The maximum Gasteiger partial charge on any atom is 0.0367 e. The van der Waals surface area contributed by atoms with Crippen LogP contribution in [0, 0.1) is 0 Å². The van der Waals surface area contributed by atoms with Crippen molar-refractivity contribution in [2.75, 3.05) is 77.4 Å². The smallest absolute Gasteiger partial charge is 0.0367 e. The molecule has 2 aliphatic heterocycles. The number of hydrogen-bond acceptors (Lipinski definition) is 4. The van der Waals surface area contributed by atoms with E-state index < -0.39 is 0 Å². The lowest BCUT2D eigenvalue weighted by Gasteiger charge is -2.38. The summed E-state index contributed by atoms with van der Waals surface area (Å²) in [6.45, 7) is 12.1. The summed E-state index contributed by atoms with van der Waals surface area (Å²) in [5, 5.41) is 0. The molecule has 4 heteroatoms. The molecule has 1 aromatic rings. The number of nitrogens with zero attached hydrogens (tertiary/aromatic N) is 4. The fourth-order valence-electron chi connectivity index (χ4n) is 3.22. The lowest BCUT2D eigenvalue weighted by molar-refractivity contribution is 0.133. The van der Waals surface area contributed by atoms with E-state index in [1.807, 2.05) is 0 Å². The standard InChI is InChI=1S/C17H28N4/c1-18-7-9-19(10-8-18)11-12-20-13-15-21(16-14-20)17-5-3-2-4-6-17/h2-6H,7-16H2,1H3. The number of para-hydroxylation sites is 1. The number of anilines is 1. The van der Waals surface area contributed by atoms with Crippen molar-refractivity contribution < 1.29 is 0 Å². The molecule has 4 nitrogen and oxygen atoms in total. The van der Waals surface area contributed by atoms with Gasteiger partial charge >= 0.3 is 0 Å². The van der Waals surface area contributed by atoms with Gasteiger partial charge in [0.1, 0.15) is 0 Å². The summed E-state index contributed by atoms with van der Waals surface area (Å²) in [5.74, 6) is 0. The molecule has 0 amide bonds. The molecule has 0 bridgehead atoms. The number of piperazine rings is 2. The van der Waals surface area contributed by atoms with Crippen molar-refractivity contribution >= 4 is 5.69 Å². The van der Waals surface area contributed by atoms with Gasteiger partial charge in [0, 0.05) is 71.1 Å². The number of benzene rings is 1. The molecule has 3 rings (SSSR count). The Kier molecular flexibility index (Phi) is 5.12.